The van der Waals surface area contributed by atoms with Gasteiger partial charge in [-0.15, -0.1) is 0 Å². The summed E-state index contributed by atoms with van der Waals surface area (Å²) in [6, 6.07) is 4.60. The van der Waals surface area contributed by atoms with E-state index < -0.39 is 6.10 Å². The fourth-order valence-electron chi connectivity index (χ4n) is 2.25. The molecule has 2 rings (SSSR count). The number of hydrogen-bond donors (Lipinski definition) is 3. The van der Waals surface area contributed by atoms with Crippen LogP contribution >= 0.6 is 11.6 Å². The number of carbonyl (C=O) groups is 1. The Labute approximate surface area is 111 Å². The number of amides is 1. The third kappa shape index (κ3) is 2.94. The van der Waals surface area contributed by atoms with Crippen LogP contribution in [0.4, 0.5) is 5.69 Å². The van der Waals surface area contributed by atoms with E-state index in [1.165, 1.54) is 0 Å². The lowest BCUT2D eigenvalue weighted by molar-refractivity contribution is 0.0718. The monoisotopic (exact) mass is 268 g/mol. The molecule has 0 unspecified atom stereocenters. The third-order valence-corrected chi connectivity index (χ3v) is 3.54. The quantitative estimate of drug-likeness (QED) is 0.718. The van der Waals surface area contributed by atoms with Crippen molar-refractivity contribution in [2.45, 2.75) is 37.8 Å². The van der Waals surface area contributed by atoms with E-state index in [2.05, 4.69) is 5.32 Å². The molecule has 1 saturated carbocycles. The van der Waals surface area contributed by atoms with Crippen LogP contribution in [0.5, 0.6) is 0 Å². The molecule has 1 aromatic carbocycles. The van der Waals surface area contributed by atoms with Gasteiger partial charge in [0.05, 0.1) is 17.7 Å². The fraction of sp³-hybridized carbons (Fsp3) is 0.462. The highest BCUT2D eigenvalue weighted by Crippen LogP contribution is 2.21. The number of aliphatic hydroxyl groups is 1. The van der Waals surface area contributed by atoms with Gasteiger partial charge >= 0.3 is 0 Å². The van der Waals surface area contributed by atoms with Crippen LogP contribution in [0.25, 0.3) is 0 Å². The number of nitrogens with one attached hydrogen (secondary N) is 1. The maximum absolute atomic E-state index is 12.1. The molecule has 4 N–H and O–H groups in total. The summed E-state index contributed by atoms with van der Waals surface area (Å²) in [5.74, 6) is -0.277. The number of benzene rings is 1. The van der Waals surface area contributed by atoms with Crippen molar-refractivity contribution in [3.05, 3.63) is 28.8 Å². The Morgan fingerprint density at radius 1 is 1.39 bits per heavy atom. The van der Waals surface area contributed by atoms with Gasteiger partial charge in [-0.25, -0.2) is 0 Å². The van der Waals surface area contributed by atoms with E-state index >= 15 is 0 Å². The van der Waals surface area contributed by atoms with Crippen LogP contribution in [-0.2, 0) is 0 Å². The van der Waals surface area contributed by atoms with Crippen molar-refractivity contribution >= 4 is 23.2 Å². The Bertz CT molecular complexity index is 451. The minimum atomic E-state index is -0.469. The molecule has 4 nitrogen and oxygen atoms in total. The molecule has 0 heterocycles. The summed E-state index contributed by atoms with van der Waals surface area (Å²) >= 11 is 5.85. The lowest BCUT2D eigenvalue weighted by Gasteiger charge is -2.28. The normalized spacial score (nSPS) is 23.7. The van der Waals surface area contributed by atoms with Gasteiger partial charge in [0.1, 0.15) is 0 Å². The fourth-order valence-corrected chi connectivity index (χ4v) is 2.42. The number of carbonyl (C=O) groups excluding carboxylic acids is 1. The largest absolute Gasteiger partial charge is 0.398 e. The van der Waals surface area contributed by atoms with Crippen molar-refractivity contribution in [3.8, 4) is 0 Å². The van der Waals surface area contributed by atoms with Gasteiger partial charge in [0.2, 0.25) is 0 Å². The molecule has 0 radical (unpaired) electrons. The predicted molar refractivity (Wildman–Crippen MR) is 71.6 cm³/mol. The third-order valence-electron chi connectivity index (χ3n) is 3.31. The molecule has 0 aliphatic heterocycles. The summed E-state index contributed by atoms with van der Waals surface area (Å²) in [4.78, 5) is 12.1. The topological polar surface area (TPSA) is 75.4 Å². The highest BCUT2D eigenvalue weighted by atomic mass is 35.5. The SMILES string of the molecule is Nc1ccc(Cl)cc1C(=O)N[C@@H]1CCCC[C@H]1O. The summed E-state index contributed by atoms with van der Waals surface area (Å²) < 4.78 is 0. The van der Waals surface area contributed by atoms with E-state index in [1.54, 1.807) is 18.2 Å². The van der Waals surface area contributed by atoms with Crippen molar-refractivity contribution in [2.75, 3.05) is 5.73 Å². The molecule has 1 amide bonds. The molecular weight excluding hydrogens is 252 g/mol. The van der Waals surface area contributed by atoms with Gasteiger partial charge in [0, 0.05) is 10.7 Å². The zero-order chi connectivity index (χ0) is 13.1. The Hall–Kier alpha value is -1.26. The molecule has 18 heavy (non-hydrogen) atoms. The van der Waals surface area contributed by atoms with Gasteiger partial charge in [-0.3, -0.25) is 4.79 Å². The Morgan fingerprint density at radius 3 is 2.83 bits per heavy atom. The summed E-state index contributed by atoms with van der Waals surface area (Å²) in [6.07, 6.45) is 3.09. The van der Waals surface area contributed by atoms with Crippen molar-refractivity contribution in [1.29, 1.82) is 0 Å². The molecule has 0 spiro atoms. The first-order valence-electron chi connectivity index (χ1n) is 6.12. The minimum absolute atomic E-state index is 0.190. The number of nitrogens with two attached hydrogens (primary N) is 1. The van der Waals surface area contributed by atoms with E-state index in [9.17, 15) is 9.90 Å². The Morgan fingerprint density at radius 2 is 2.11 bits per heavy atom. The van der Waals surface area contributed by atoms with Gasteiger partial charge in [0.15, 0.2) is 0 Å². The van der Waals surface area contributed by atoms with Gasteiger partial charge in [-0.1, -0.05) is 24.4 Å². The second-order valence-electron chi connectivity index (χ2n) is 4.66. The van der Waals surface area contributed by atoms with Gasteiger partial charge in [0.25, 0.3) is 5.91 Å². The summed E-state index contributed by atoms with van der Waals surface area (Å²) in [6.45, 7) is 0. The van der Waals surface area contributed by atoms with Crippen LogP contribution in [0.1, 0.15) is 36.0 Å². The molecule has 0 bridgehead atoms. The Balaban J connectivity index is 2.09. The second kappa shape index (κ2) is 5.59. The number of anilines is 1. The molecule has 98 valence electrons. The number of halogens is 1. The molecule has 1 aliphatic rings. The van der Waals surface area contributed by atoms with Crippen LogP contribution < -0.4 is 11.1 Å². The molecule has 5 heteroatoms. The number of rotatable bonds is 2. The average Bonchev–Trinajstić information content (AvgIpc) is 2.35. The molecule has 0 aromatic heterocycles. The summed E-state index contributed by atoms with van der Waals surface area (Å²) in [5, 5.41) is 13.1. The van der Waals surface area contributed by atoms with Crippen LogP contribution in [0, 0.1) is 0 Å². The van der Waals surface area contributed by atoms with Crippen LogP contribution in [0.15, 0.2) is 18.2 Å². The van der Waals surface area contributed by atoms with E-state index in [1.807, 2.05) is 0 Å². The highest BCUT2D eigenvalue weighted by Gasteiger charge is 2.25. The molecule has 2 atom stereocenters. The van der Waals surface area contributed by atoms with Crippen molar-refractivity contribution in [3.63, 3.8) is 0 Å². The van der Waals surface area contributed by atoms with Crippen molar-refractivity contribution in [2.24, 2.45) is 0 Å². The number of hydrogen-bond acceptors (Lipinski definition) is 3. The first-order chi connectivity index (χ1) is 8.58. The van der Waals surface area contributed by atoms with Crippen LogP contribution in [0.3, 0.4) is 0 Å². The maximum atomic E-state index is 12.1. The lowest BCUT2D eigenvalue weighted by Crippen LogP contribution is -2.45. The first-order valence-corrected chi connectivity index (χ1v) is 6.49. The van der Waals surface area contributed by atoms with Crippen molar-refractivity contribution in [1.82, 2.24) is 5.32 Å². The zero-order valence-corrected chi connectivity index (χ0v) is 10.8. The second-order valence-corrected chi connectivity index (χ2v) is 5.10. The van der Waals surface area contributed by atoms with Gasteiger partial charge < -0.3 is 16.2 Å². The molecule has 1 aromatic rings. The minimum Gasteiger partial charge on any atom is -0.398 e. The first kappa shape index (κ1) is 13.2. The smallest absolute Gasteiger partial charge is 0.253 e. The van der Waals surface area contributed by atoms with E-state index in [0.717, 1.165) is 25.7 Å². The molecule has 1 aliphatic carbocycles. The summed E-state index contributed by atoms with van der Waals surface area (Å²) in [5.41, 5.74) is 6.50. The van der Waals surface area contributed by atoms with Gasteiger partial charge in [-0.05, 0) is 31.0 Å². The average molecular weight is 269 g/mol. The van der Waals surface area contributed by atoms with E-state index in [-0.39, 0.29) is 11.9 Å². The molecule has 0 saturated heterocycles. The van der Waals surface area contributed by atoms with E-state index in [0.29, 0.717) is 16.3 Å². The summed E-state index contributed by atoms with van der Waals surface area (Å²) in [7, 11) is 0. The van der Waals surface area contributed by atoms with Crippen molar-refractivity contribution < 1.29 is 9.90 Å². The number of nitrogen functional groups attached to an aromatic ring is 1. The number of aliphatic hydroxyl groups excluding tert-OH is 1. The van der Waals surface area contributed by atoms with E-state index in [4.69, 9.17) is 17.3 Å². The predicted octanol–water partition coefficient (Wildman–Crippen LogP) is 1.96. The highest BCUT2D eigenvalue weighted by molar-refractivity contribution is 6.31. The lowest BCUT2D eigenvalue weighted by atomic mass is 9.92. The maximum Gasteiger partial charge on any atom is 0.253 e. The molecular formula is C13H17ClN2O2. The Kier molecular flexibility index (Phi) is 4.09. The molecule has 1 fully saturated rings. The van der Waals surface area contributed by atoms with Crippen LogP contribution in [-0.4, -0.2) is 23.2 Å². The van der Waals surface area contributed by atoms with Gasteiger partial charge in [-0.2, -0.15) is 0 Å². The zero-order valence-electron chi connectivity index (χ0n) is 10.0. The standard InChI is InChI=1S/C13H17ClN2O2/c14-8-5-6-10(15)9(7-8)13(18)16-11-3-1-2-4-12(11)17/h5-7,11-12,17H,1-4,15H2,(H,16,18)/t11-,12-/m1/s1. The van der Waals surface area contributed by atoms with Crippen LogP contribution in [0.2, 0.25) is 5.02 Å².